The molecule has 0 fully saturated rings. The lowest BCUT2D eigenvalue weighted by Crippen LogP contribution is -2.04. The molecule has 5 nitrogen and oxygen atoms in total. The zero-order valence-corrected chi connectivity index (χ0v) is 16.7. The number of hydrogen-bond donors (Lipinski definition) is 1. The average molecular weight is 462 g/mol. The Balaban J connectivity index is 0.000000321. The Morgan fingerprint density at radius 1 is 1.30 bits per heavy atom. The molecule has 0 radical (unpaired) electrons. The quantitative estimate of drug-likeness (QED) is 0.330. The number of hydrogen-bond acceptors (Lipinski definition) is 5. The molecule has 3 aromatic rings. The van der Waals surface area contributed by atoms with Gasteiger partial charge in [0.1, 0.15) is 5.44 Å². The Morgan fingerprint density at radius 3 is 2.48 bits per heavy atom. The molecule has 0 aliphatic heterocycles. The fourth-order valence-electron chi connectivity index (χ4n) is 2.24. The van der Waals surface area contributed by atoms with Gasteiger partial charge >= 0.3 is 12.1 Å². The zero-order chi connectivity index (χ0) is 20.2. The van der Waals surface area contributed by atoms with Crippen LogP contribution >= 0.6 is 28.6 Å². The first-order chi connectivity index (χ1) is 12.6. The Hall–Kier alpha value is -2.07. The predicted octanol–water partition coefficient (Wildman–Crippen LogP) is 5.03. The first-order valence-corrected chi connectivity index (χ1v) is 8.90. The highest BCUT2D eigenvalue weighted by atomic mass is 79.9. The second-order valence-corrected chi connectivity index (χ2v) is 6.97. The summed E-state index contributed by atoms with van der Waals surface area (Å²) in [6.45, 7) is 3.04. The molecule has 10 heteroatoms. The molecule has 0 aliphatic carbocycles. The Labute approximate surface area is 167 Å². The Kier molecular flexibility index (Phi) is 6.88. The number of alkyl halides is 3. The van der Waals surface area contributed by atoms with Gasteiger partial charge in [0.15, 0.2) is 0 Å². The van der Waals surface area contributed by atoms with Crippen molar-refractivity contribution in [2.24, 2.45) is 0 Å². The summed E-state index contributed by atoms with van der Waals surface area (Å²) < 4.78 is 45.3. The molecule has 1 atom stereocenters. The molecule has 0 saturated heterocycles. The standard InChI is InChI=1S/C13H7BrF3N3.C4H8O2S/c14-11-7-20(9-3-4-18-19-6-9)12-5-8(13(15,16)17)1-2-10(11)12;1-3(5)6-4(2)7/h1-7H;4,7H,1-2H3. The molecule has 0 N–H and O–H groups in total. The van der Waals surface area contributed by atoms with Crippen molar-refractivity contribution in [3.8, 4) is 5.69 Å². The van der Waals surface area contributed by atoms with E-state index in [1.54, 1.807) is 23.8 Å². The van der Waals surface area contributed by atoms with Gasteiger partial charge in [0.2, 0.25) is 0 Å². The Morgan fingerprint density at radius 2 is 2.00 bits per heavy atom. The molecule has 2 heterocycles. The van der Waals surface area contributed by atoms with Crippen LogP contribution in [0.15, 0.2) is 47.3 Å². The van der Waals surface area contributed by atoms with Crippen LogP contribution in [0.25, 0.3) is 16.6 Å². The van der Waals surface area contributed by atoms with Crippen LogP contribution in [-0.2, 0) is 15.7 Å². The average Bonchev–Trinajstić information content (AvgIpc) is 2.91. The monoisotopic (exact) mass is 461 g/mol. The molecule has 1 aromatic carbocycles. The zero-order valence-electron chi connectivity index (χ0n) is 14.2. The molecule has 3 rings (SSSR count). The number of rotatable bonds is 2. The van der Waals surface area contributed by atoms with Gasteiger partial charge in [-0.2, -0.15) is 23.4 Å². The normalized spacial score (nSPS) is 12.3. The third-order valence-electron chi connectivity index (χ3n) is 3.27. The summed E-state index contributed by atoms with van der Waals surface area (Å²) in [5.41, 5.74) is 0.145. The van der Waals surface area contributed by atoms with E-state index in [-0.39, 0.29) is 11.4 Å². The van der Waals surface area contributed by atoms with Gasteiger partial charge in [-0.15, -0.1) is 12.6 Å². The SMILES string of the molecule is CC(=O)OC(C)S.FC(F)(F)c1ccc2c(Br)cn(-c3ccnnc3)c2c1. The van der Waals surface area contributed by atoms with Crippen LogP contribution < -0.4 is 0 Å². The number of ether oxygens (including phenoxy) is 1. The highest BCUT2D eigenvalue weighted by Gasteiger charge is 2.31. The molecule has 1 unspecified atom stereocenters. The second kappa shape index (κ2) is 8.75. The van der Waals surface area contributed by atoms with E-state index >= 15 is 0 Å². The van der Waals surface area contributed by atoms with E-state index in [9.17, 15) is 18.0 Å². The summed E-state index contributed by atoms with van der Waals surface area (Å²) in [6.07, 6.45) is 0.322. The first kappa shape index (κ1) is 21.2. The van der Waals surface area contributed by atoms with E-state index in [4.69, 9.17) is 0 Å². The maximum Gasteiger partial charge on any atom is 0.416 e. The molecule has 2 aromatic heterocycles. The van der Waals surface area contributed by atoms with E-state index in [1.165, 1.54) is 25.4 Å². The van der Waals surface area contributed by atoms with Crippen LogP contribution in [0.5, 0.6) is 0 Å². The molecular weight excluding hydrogens is 447 g/mol. The van der Waals surface area contributed by atoms with Crippen LogP contribution in [0.1, 0.15) is 19.4 Å². The van der Waals surface area contributed by atoms with E-state index < -0.39 is 11.7 Å². The minimum atomic E-state index is -4.37. The van der Waals surface area contributed by atoms with Crippen molar-refractivity contribution in [3.63, 3.8) is 0 Å². The summed E-state index contributed by atoms with van der Waals surface area (Å²) in [4.78, 5) is 9.98. The predicted molar refractivity (Wildman–Crippen MR) is 102 cm³/mol. The summed E-state index contributed by atoms with van der Waals surface area (Å²) >= 11 is 7.15. The van der Waals surface area contributed by atoms with Gasteiger partial charge in [0.25, 0.3) is 0 Å². The van der Waals surface area contributed by atoms with E-state index in [0.29, 0.717) is 16.6 Å². The fourth-order valence-corrected chi connectivity index (χ4v) is 2.93. The highest BCUT2D eigenvalue weighted by Crippen LogP contribution is 2.35. The number of fused-ring (bicyclic) bond motifs is 1. The molecule has 0 aliphatic rings. The second-order valence-electron chi connectivity index (χ2n) is 5.39. The number of carbonyl (C=O) groups excluding carboxylic acids is 1. The molecule has 0 amide bonds. The van der Waals surface area contributed by atoms with Crippen molar-refractivity contribution < 1.29 is 22.7 Å². The number of carbonyl (C=O) groups is 1. The van der Waals surface area contributed by atoms with Gasteiger partial charge in [-0.3, -0.25) is 4.79 Å². The first-order valence-electron chi connectivity index (χ1n) is 7.59. The van der Waals surface area contributed by atoms with E-state index in [0.717, 1.165) is 16.6 Å². The number of esters is 1. The third kappa shape index (κ3) is 5.70. The molecule has 0 saturated carbocycles. The summed E-state index contributed by atoms with van der Waals surface area (Å²) in [5.74, 6) is -0.289. The van der Waals surface area contributed by atoms with Crippen LogP contribution in [-0.4, -0.2) is 26.2 Å². The van der Waals surface area contributed by atoms with Crippen LogP contribution in [0.2, 0.25) is 0 Å². The van der Waals surface area contributed by atoms with E-state index in [1.807, 2.05) is 0 Å². The third-order valence-corrected chi connectivity index (χ3v) is 4.00. The summed E-state index contributed by atoms with van der Waals surface area (Å²) in [5, 5.41) is 8.10. The Bertz CT molecular complexity index is 930. The van der Waals surface area contributed by atoms with Crippen molar-refractivity contribution in [3.05, 3.63) is 52.9 Å². The number of nitrogens with zero attached hydrogens (tertiary/aromatic N) is 3. The molecule has 27 heavy (non-hydrogen) atoms. The minimum Gasteiger partial charge on any atom is -0.452 e. The van der Waals surface area contributed by atoms with Crippen molar-refractivity contribution in [2.75, 3.05) is 0 Å². The lowest BCUT2D eigenvalue weighted by molar-refractivity contribution is -0.141. The number of aromatic nitrogens is 3. The summed E-state index contributed by atoms with van der Waals surface area (Å²) in [7, 11) is 0. The van der Waals surface area contributed by atoms with Crippen molar-refractivity contribution in [1.82, 2.24) is 14.8 Å². The van der Waals surface area contributed by atoms with Gasteiger partial charge in [-0.05, 0) is 41.1 Å². The molecule has 144 valence electrons. The van der Waals surface area contributed by atoms with Gasteiger partial charge < -0.3 is 9.30 Å². The van der Waals surface area contributed by atoms with Gasteiger partial charge in [-0.1, -0.05) is 6.07 Å². The molecule has 0 bridgehead atoms. The van der Waals surface area contributed by atoms with Gasteiger partial charge in [0.05, 0.1) is 29.2 Å². The highest BCUT2D eigenvalue weighted by molar-refractivity contribution is 9.10. The number of benzene rings is 1. The van der Waals surface area contributed by atoms with Crippen LogP contribution in [0, 0.1) is 0 Å². The van der Waals surface area contributed by atoms with E-state index in [2.05, 4.69) is 43.5 Å². The maximum atomic E-state index is 12.8. The number of halogens is 4. The van der Waals surface area contributed by atoms with Crippen molar-refractivity contribution >= 4 is 45.4 Å². The molecule has 0 spiro atoms. The molecular formula is C17H15BrF3N3O2S. The lowest BCUT2D eigenvalue weighted by Gasteiger charge is -2.08. The largest absolute Gasteiger partial charge is 0.452 e. The smallest absolute Gasteiger partial charge is 0.416 e. The van der Waals surface area contributed by atoms with Crippen molar-refractivity contribution in [1.29, 1.82) is 0 Å². The fraction of sp³-hybridized carbons (Fsp3) is 0.235. The topological polar surface area (TPSA) is 57.0 Å². The number of thiol groups is 1. The van der Waals surface area contributed by atoms with Gasteiger partial charge in [-0.25, -0.2) is 0 Å². The van der Waals surface area contributed by atoms with Gasteiger partial charge in [0, 0.05) is 23.0 Å². The lowest BCUT2D eigenvalue weighted by atomic mass is 10.1. The van der Waals surface area contributed by atoms with Crippen molar-refractivity contribution in [2.45, 2.75) is 25.5 Å². The minimum absolute atomic E-state index is 0.280. The summed E-state index contributed by atoms with van der Waals surface area (Å²) in [6, 6.07) is 5.33. The maximum absolute atomic E-state index is 12.8. The van der Waals surface area contributed by atoms with Crippen LogP contribution in [0.4, 0.5) is 13.2 Å². The van der Waals surface area contributed by atoms with Crippen LogP contribution in [0.3, 0.4) is 0 Å².